The SMILES string of the molecule is Cc1ccc2c(c1)c(=O)n(-c1cccc(Cl)c1)c(=O)n2CC(=O)NCCN1CCCC1. The van der Waals surface area contributed by atoms with E-state index in [1.54, 1.807) is 36.4 Å². The average molecular weight is 441 g/mol. The number of rotatable bonds is 6. The Labute approximate surface area is 184 Å². The van der Waals surface area contributed by atoms with E-state index in [2.05, 4.69) is 10.2 Å². The van der Waals surface area contributed by atoms with Crippen molar-refractivity contribution >= 4 is 28.4 Å². The Bertz CT molecular complexity index is 1240. The van der Waals surface area contributed by atoms with Gasteiger partial charge in [0, 0.05) is 18.1 Å². The molecule has 3 aromatic rings. The quantitative estimate of drug-likeness (QED) is 0.638. The van der Waals surface area contributed by atoms with Crippen LogP contribution in [0.25, 0.3) is 16.6 Å². The molecule has 1 saturated heterocycles. The third-order valence-electron chi connectivity index (χ3n) is 5.62. The van der Waals surface area contributed by atoms with Crippen LogP contribution in [0.3, 0.4) is 0 Å². The highest BCUT2D eigenvalue weighted by atomic mass is 35.5. The summed E-state index contributed by atoms with van der Waals surface area (Å²) >= 11 is 6.09. The van der Waals surface area contributed by atoms with E-state index in [0.717, 1.165) is 29.8 Å². The predicted molar refractivity (Wildman–Crippen MR) is 122 cm³/mol. The van der Waals surface area contributed by atoms with Crippen molar-refractivity contribution in [3.63, 3.8) is 0 Å². The van der Waals surface area contributed by atoms with Crippen LogP contribution < -0.4 is 16.6 Å². The summed E-state index contributed by atoms with van der Waals surface area (Å²) in [6.45, 7) is 5.15. The summed E-state index contributed by atoms with van der Waals surface area (Å²) in [5.74, 6) is -0.264. The normalized spacial score (nSPS) is 14.3. The Morgan fingerprint density at radius 2 is 1.87 bits per heavy atom. The van der Waals surface area contributed by atoms with Crippen LogP contribution in [0.5, 0.6) is 0 Å². The molecular formula is C23H25ClN4O3. The number of carbonyl (C=O) groups excluding carboxylic acids is 1. The van der Waals surface area contributed by atoms with Gasteiger partial charge in [-0.05, 0) is 63.2 Å². The van der Waals surface area contributed by atoms with Crippen LogP contribution >= 0.6 is 11.6 Å². The molecule has 7 nitrogen and oxygen atoms in total. The highest BCUT2D eigenvalue weighted by Gasteiger charge is 2.17. The zero-order chi connectivity index (χ0) is 22.0. The smallest absolute Gasteiger partial charge is 0.336 e. The largest absolute Gasteiger partial charge is 0.353 e. The minimum Gasteiger partial charge on any atom is -0.353 e. The zero-order valence-corrected chi connectivity index (χ0v) is 18.2. The van der Waals surface area contributed by atoms with E-state index >= 15 is 0 Å². The molecule has 4 rings (SSSR count). The lowest BCUT2D eigenvalue weighted by molar-refractivity contribution is -0.121. The van der Waals surface area contributed by atoms with Gasteiger partial charge in [-0.2, -0.15) is 0 Å². The Hall–Kier alpha value is -2.90. The number of hydrogen-bond donors (Lipinski definition) is 1. The minimum atomic E-state index is -0.571. The van der Waals surface area contributed by atoms with E-state index in [1.165, 1.54) is 17.4 Å². The van der Waals surface area contributed by atoms with Crippen molar-refractivity contribution in [3.8, 4) is 5.69 Å². The minimum absolute atomic E-state index is 0.167. The number of aromatic nitrogens is 2. The van der Waals surface area contributed by atoms with Gasteiger partial charge in [0.1, 0.15) is 6.54 Å². The van der Waals surface area contributed by atoms with Crippen molar-refractivity contribution in [2.45, 2.75) is 26.3 Å². The highest BCUT2D eigenvalue weighted by molar-refractivity contribution is 6.30. The Morgan fingerprint density at radius 3 is 2.61 bits per heavy atom. The van der Waals surface area contributed by atoms with Crippen LogP contribution in [0.2, 0.25) is 5.02 Å². The van der Waals surface area contributed by atoms with Gasteiger partial charge < -0.3 is 10.2 Å². The van der Waals surface area contributed by atoms with E-state index in [9.17, 15) is 14.4 Å². The van der Waals surface area contributed by atoms with Crippen molar-refractivity contribution in [2.75, 3.05) is 26.2 Å². The number of fused-ring (bicyclic) bond motifs is 1. The predicted octanol–water partition coefficient (Wildman–Crippen LogP) is 2.33. The molecule has 1 aromatic heterocycles. The number of carbonyl (C=O) groups is 1. The maximum atomic E-state index is 13.3. The molecule has 1 amide bonds. The summed E-state index contributed by atoms with van der Waals surface area (Å²) in [5, 5.41) is 3.69. The highest BCUT2D eigenvalue weighted by Crippen LogP contribution is 2.15. The second kappa shape index (κ2) is 9.08. The van der Waals surface area contributed by atoms with Crippen molar-refractivity contribution in [3.05, 3.63) is 73.9 Å². The van der Waals surface area contributed by atoms with Gasteiger partial charge in [-0.25, -0.2) is 9.36 Å². The molecule has 1 fully saturated rings. The summed E-state index contributed by atoms with van der Waals surface area (Å²) in [7, 11) is 0. The molecule has 2 heterocycles. The monoisotopic (exact) mass is 440 g/mol. The number of hydrogen-bond acceptors (Lipinski definition) is 4. The van der Waals surface area contributed by atoms with Crippen molar-refractivity contribution < 1.29 is 4.79 Å². The number of amides is 1. The fourth-order valence-electron chi connectivity index (χ4n) is 4.04. The van der Waals surface area contributed by atoms with Gasteiger partial charge in [-0.3, -0.25) is 14.2 Å². The molecule has 1 N–H and O–H groups in total. The van der Waals surface area contributed by atoms with Gasteiger partial charge in [0.15, 0.2) is 0 Å². The maximum Gasteiger partial charge on any atom is 0.336 e. The molecule has 31 heavy (non-hydrogen) atoms. The standard InChI is InChI=1S/C23H25ClN4O3/c1-16-7-8-20-19(13-16)22(30)28(18-6-4-5-17(24)14-18)23(31)27(20)15-21(29)25-9-12-26-10-2-3-11-26/h4-8,13-14H,2-3,9-12,15H2,1H3,(H,25,29). The first-order chi connectivity index (χ1) is 14.9. The molecule has 2 aromatic carbocycles. The van der Waals surface area contributed by atoms with E-state index in [4.69, 9.17) is 11.6 Å². The van der Waals surface area contributed by atoms with Crippen LogP contribution in [0.1, 0.15) is 18.4 Å². The van der Waals surface area contributed by atoms with Crippen LogP contribution in [0.15, 0.2) is 52.1 Å². The summed E-state index contributed by atoms with van der Waals surface area (Å²) in [5.41, 5.74) is 0.695. The lowest BCUT2D eigenvalue weighted by Gasteiger charge is -2.16. The van der Waals surface area contributed by atoms with Gasteiger partial charge >= 0.3 is 5.69 Å². The molecule has 8 heteroatoms. The van der Waals surface area contributed by atoms with Crippen LogP contribution in [-0.2, 0) is 11.3 Å². The molecule has 1 aliphatic rings. The zero-order valence-electron chi connectivity index (χ0n) is 17.4. The number of benzene rings is 2. The van der Waals surface area contributed by atoms with Crippen LogP contribution in [-0.4, -0.2) is 46.1 Å². The number of aryl methyl sites for hydroxylation is 1. The Kier molecular flexibility index (Phi) is 6.25. The van der Waals surface area contributed by atoms with E-state index in [0.29, 0.717) is 28.2 Å². The van der Waals surface area contributed by atoms with Crippen LogP contribution in [0, 0.1) is 6.92 Å². The van der Waals surface area contributed by atoms with Gasteiger partial charge in [-0.1, -0.05) is 29.3 Å². The first kappa shape index (κ1) is 21.3. The number of nitrogens with one attached hydrogen (secondary N) is 1. The second-order valence-corrected chi connectivity index (χ2v) is 8.34. The fourth-order valence-corrected chi connectivity index (χ4v) is 4.23. The first-order valence-corrected chi connectivity index (χ1v) is 10.8. The average Bonchev–Trinajstić information content (AvgIpc) is 3.25. The molecule has 0 unspecified atom stereocenters. The molecule has 0 radical (unpaired) electrons. The third-order valence-corrected chi connectivity index (χ3v) is 5.85. The molecule has 0 bridgehead atoms. The van der Waals surface area contributed by atoms with Crippen molar-refractivity contribution in [1.82, 2.24) is 19.4 Å². The number of nitrogens with zero attached hydrogens (tertiary/aromatic N) is 3. The summed E-state index contributed by atoms with van der Waals surface area (Å²) < 4.78 is 2.42. The molecule has 0 spiro atoms. The van der Waals surface area contributed by atoms with Crippen molar-refractivity contribution in [1.29, 1.82) is 0 Å². The summed E-state index contributed by atoms with van der Waals surface area (Å²) in [4.78, 5) is 41.4. The van der Waals surface area contributed by atoms with Crippen LogP contribution in [0.4, 0.5) is 0 Å². The molecule has 1 aliphatic heterocycles. The van der Waals surface area contributed by atoms with Gasteiger partial charge in [0.2, 0.25) is 5.91 Å². The third kappa shape index (κ3) is 4.57. The van der Waals surface area contributed by atoms with Gasteiger partial charge in [0.05, 0.1) is 16.6 Å². The Balaban J connectivity index is 1.70. The van der Waals surface area contributed by atoms with Crippen molar-refractivity contribution in [2.24, 2.45) is 0 Å². The Morgan fingerprint density at radius 1 is 1.10 bits per heavy atom. The molecule has 0 aliphatic carbocycles. The number of likely N-dealkylation sites (tertiary alicyclic amines) is 1. The van der Waals surface area contributed by atoms with E-state index < -0.39 is 11.2 Å². The lowest BCUT2D eigenvalue weighted by Crippen LogP contribution is -2.42. The summed E-state index contributed by atoms with van der Waals surface area (Å²) in [6, 6.07) is 11.8. The maximum absolute atomic E-state index is 13.3. The topological polar surface area (TPSA) is 76.3 Å². The van der Waals surface area contributed by atoms with Gasteiger partial charge in [0.25, 0.3) is 5.56 Å². The molecule has 0 saturated carbocycles. The van der Waals surface area contributed by atoms with E-state index in [1.807, 2.05) is 13.0 Å². The summed E-state index contributed by atoms with van der Waals surface area (Å²) in [6.07, 6.45) is 2.39. The lowest BCUT2D eigenvalue weighted by atomic mass is 10.1. The molecular weight excluding hydrogens is 416 g/mol. The second-order valence-electron chi connectivity index (χ2n) is 7.91. The number of halogens is 1. The van der Waals surface area contributed by atoms with E-state index in [-0.39, 0.29) is 12.5 Å². The molecule has 162 valence electrons. The molecule has 0 atom stereocenters. The fraction of sp³-hybridized carbons (Fsp3) is 0.348. The first-order valence-electron chi connectivity index (χ1n) is 10.5. The van der Waals surface area contributed by atoms with Gasteiger partial charge in [-0.15, -0.1) is 0 Å².